The maximum atomic E-state index is 12.0. The van der Waals surface area contributed by atoms with Crippen molar-refractivity contribution in [1.29, 1.82) is 0 Å². The maximum Gasteiger partial charge on any atom is 0.272 e. The van der Waals surface area contributed by atoms with Gasteiger partial charge in [0.25, 0.3) is 5.91 Å². The van der Waals surface area contributed by atoms with E-state index in [4.69, 9.17) is 4.74 Å². The van der Waals surface area contributed by atoms with E-state index in [0.717, 1.165) is 22.2 Å². The van der Waals surface area contributed by atoms with Crippen LogP contribution in [0.4, 0.5) is 0 Å². The molecule has 2 heterocycles. The number of aryl methyl sites for hydroxylation is 1. The summed E-state index contributed by atoms with van der Waals surface area (Å²) >= 11 is 0. The van der Waals surface area contributed by atoms with Gasteiger partial charge >= 0.3 is 0 Å². The number of hydrazine groups is 1. The summed E-state index contributed by atoms with van der Waals surface area (Å²) in [6.45, 7) is 2.40. The highest BCUT2D eigenvalue weighted by molar-refractivity contribution is 5.83. The van der Waals surface area contributed by atoms with Crippen LogP contribution in [-0.4, -0.2) is 34.5 Å². The second-order valence-electron chi connectivity index (χ2n) is 5.62. The third-order valence-corrected chi connectivity index (χ3v) is 3.73. The molecule has 0 atom stereocenters. The van der Waals surface area contributed by atoms with E-state index in [1.165, 1.54) is 0 Å². The van der Waals surface area contributed by atoms with Crippen molar-refractivity contribution in [3.8, 4) is 5.75 Å². The van der Waals surface area contributed by atoms with Gasteiger partial charge in [-0.1, -0.05) is 12.1 Å². The molecular formula is C18H20N4O2. The number of ether oxygens (including phenoxy) is 1. The fraction of sp³-hybridized carbons (Fsp3) is 0.222. The van der Waals surface area contributed by atoms with Crippen LogP contribution in [0.2, 0.25) is 0 Å². The number of aromatic amines is 1. The SMILES string of the molecule is Cc1ncccc1OCC(=O)NN(C)Cc1cccc2[nH]ccc12. The smallest absolute Gasteiger partial charge is 0.272 e. The molecule has 2 aromatic heterocycles. The van der Waals surface area contributed by atoms with Gasteiger partial charge in [-0.2, -0.15) is 0 Å². The molecule has 0 aliphatic rings. The highest BCUT2D eigenvalue weighted by Crippen LogP contribution is 2.18. The summed E-state index contributed by atoms with van der Waals surface area (Å²) in [7, 11) is 1.83. The number of benzene rings is 1. The molecule has 0 radical (unpaired) electrons. The van der Waals surface area contributed by atoms with Gasteiger partial charge in [-0.15, -0.1) is 0 Å². The largest absolute Gasteiger partial charge is 0.482 e. The molecule has 124 valence electrons. The number of nitrogens with zero attached hydrogens (tertiary/aromatic N) is 2. The van der Waals surface area contributed by atoms with Crippen molar-refractivity contribution >= 4 is 16.8 Å². The van der Waals surface area contributed by atoms with Crippen LogP contribution in [0.25, 0.3) is 10.9 Å². The lowest BCUT2D eigenvalue weighted by Gasteiger charge is -2.19. The predicted molar refractivity (Wildman–Crippen MR) is 92.4 cm³/mol. The summed E-state index contributed by atoms with van der Waals surface area (Å²) in [4.78, 5) is 19.4. The van der Waals surface area contributed by atoms with Crippen LogP contribution in [0.15, 0.2) is 48.8 Å². The Morgan fingerprint density at radius 3 is 3.00 bits per heavy atom. The molecular weight excluding hydrogens is 304 g/mol. The van der Waals surface area contributed by atoms with Gasteiger partial charge in [-0.05, 0) is 36.8 Å². The first-order valence-corrected chi connectivity index (χ1v) is 7.73. The summed E-state index contributed by atoms with van der Waals surface area (Å²) in [5, 5.41) is 2.91. The van der Waals surface area contributed by atoms with Crippen molar-refractivity contribution in [3.63, 3.8) is 0 Å². The highest BCUT2D eigenvalue weighted by atomic mass is 16.5. The minimum absolute atomic E-state index is 0.0504. The molecule has 6 nitrogen and oxygen atoms in total. The van der Waals surface area contributed by atoms with Gasteiger partial charge in [0, 0.05) is 36.9 Å². The summed E-state index contributed by atoms with van der Waals surface area (Å²) in [5.41, 5.74) is 5.80. The van der Waals surface area contributed by atoms with Crippen molar-refractivity contribution in [1.82, 2.24) is 20.4 Å². The lowest BCUT2D eigenvalue weighted by molar-refractivity contribution is -0.127. The summed E-state index contributed by atoms with van der Waals surface area (Å²) in [5.74, 6) is 0.411. The number of amides is 1. The highest BCUT2D eigenvalue weighted by Gasteiger charge is 2.09. The molecule has 1 amide bonds. The van der Waals surface area contributed by atoms with Gasteiger partial charge in [0.05, 0.1) is 5.69 Å². The third kappa shape index (κ3) is 3.72. The second kappa shape index (κ2) is 7.14. The zero-order valence-electron chi connectivity index (χ0n) is 13.7. The number of hydrogen-bond donors (Lipinski definition) is 2. The van der Waals surface area contributed by atoms with Crippen LogP contribution in [-0.2, 0) is 11.3 Å². The lowest BCUT2D eigenvalue weighted by atomic mass is 10.1. The molecule has 3 aromatic rings. The van der Waals surface area contributed by atoms with Crippen molar-refractivity contribution in [3.05, 3.63) is 60.0 Å². The molecule has 0 aliphatic heterocycles. The van der Waals surface area contributed by atoms with E-state index in [0.29, 0.717) is 12.3 Å². The Hall–Kier alpha value is -2.86. The van der Waals surface area contributed by atoms with E-state index in [1.54, 1.807) is 23.3 Å². The number of carbonyl (C=O) groups is 1. The summed E-state index contributed by atoms with van der Waals surface area (Å²) < 4.78 is 5.50. The topological polar surface area (TPSA) is 70.2 Å². The molecule has 0 saturated heterocycles. The van der Waals surface area contributed by atoms with Crippen LogP contribution in [0.1, 0.15) is 11.3 Å². The lowest BCUT2D eigenvalue weighted by Crippen LogP contribution is -2.41. The number of rotatable bonds is 6. The normalized spacial score (nSPS) is 11.0. The first-order chi connectivity index (χ1) is 11.6. The van der Waals surface area contributed by atoms with Gasteiger partial charge < -0.3 is 9.72 Å². The van der Waals surface area contributed by atoms with Crippen LogP contribution in [0.3, 0.4) is 0 Å². The summed E-state index contributed by atoms with van der Waals surface area (Å²) in [6, 6.07) is 11.7. The van der Waals surface area contributed by atoms with Crippen LogP contribution < -0.4 is 10.2 Å². The van der Waals surface area contributed by atoms with Crippen molar-refractivity contribution in [2.75, 3.05) is 13.7 Å². The fourth-order valence-electron chi connectivity index (χ4n) is 2.59. The van der Waals surface area contributed by atoms with E-state index in [-0.39, 0.29) is 12.5 Å². The van der Waals surface area contributed by atoms with E-state index in [2.05, 4.69) is 15.4 Å². The number of pyridine rings is 1. The maximum absolute atomic E-state index is 12.0. The Morgan fingerprint density at radius 1 is 1.29 bits per heavy atom. The molecule has 24 heavy (non-hydrogen) atoms. The average Bonchev–Trinajstić information content (AvgIpc) is 3.04. The van der Waals surface area contributed by atoms with E-state index in [9.17, 15) is 4.79 Å². The van der Waals surface area contributed by atoms with Crippen LogP contribution in [0, 0.1) is 6.92 Å². The van der Waals surface area contributed by atoms with Gasteiger partial charge in [0.1, 0.15) is 5.75 Å². The number of nitrogens with one attached hydrogen (secondary N) is 2. The Morgan fingerprint density at radius 2 is 2.17 bits per heavy atom. The van der Waals surface area contributed by atoms with Gasteiger partial charge in [-0.25, -0.2) is 5.01 Å². The zero-order valence-corrected chi connectivity index (χ0v) is 13.7. The predicted octanol–water partition coefficient (Wildman–Crippen LogP) is 2.41. The minimum atomic E-state index is -0.206. The number of aromatic nitrogens is 2. The van der Waals surface area contributed by atoms with E-state index in [1.807, 2.05) is 44.4 Å². The quantitative estimate of drug-likeness (QED) is 0.683. The van der Waals surface area contributed by atoms with Crippen LogP contribution >= 0.6 is 0 Å². The van der Waals surface area contributed by atoms with Gasteiger partial charge in [-0.3, -0.25) is 15.2 Å². The Labute approximate surface area is 140 Å². The van der Waals surface area contributed by atoms with Crippen molar-refractivity contribution < 1.29 is 9.53 Å². The number of hydrogen-bond acceptors (Lipinski definition) is 4. The molecule has 0 saturated carbocycles. The minimum Gasteiger partial charge on any atom is -0.482 e. The average molecular weight is 324 g/mol. The Balaban J connectivity index is 1.55. The number of H-pyrrole nitrogens is 1. The van der Waals surface area contributed by atoms with Crippen molar-refractivity contribution in [2.24, 2.45) is 0 Å². The molecule has 0 aliphatic carbocycles. The van der Waals surface area contributed by atoms with E-state index < -0.39 is 0 Å². The number of carbonyl (C=O) groups excluding carboxylic acids is 1. The molecule has 0 fully saturated rings. The van der Waals surface area contributed by atoms with Gasteiger partial charge in [0.15, 0.2) is 6.61 Å². The van der Waals surface area contributed by atoms with Crippen LogP contribution in [0.5, 0.6) is 5.75 Å². The van der Waals surface area contributed by atoms with E-state index >= 15 is 0 Å². The first-order valence-electron chi connectivity index (χ1n) is 7.73. The Kier molecular flexibility index (Phi) is 4.77. The molecule has 1 aromatic carbocycles. The Bertz CT molecular complexity index is 844. The third-order valence-electron chi connectivity index (χ3n) is 3.73. The van der Waals surface area contributed by atoms with Crippen molar-refractivity contribution in [2.45, 2.75) is 13.5 Å². The monoisotopic (exact) mass is 324 g/mol. The van der Waals surface area contributed by atoms with Gasteiger partial charge in [0.2, 0.25) is 0 Å². The molecule has 0 unspecified atom stereocenters. The molecule has 3 rings (SSSR count). The summed E-state index contributed by atoms with van der Waals surface area (Å²) in [6.07, 6.45) is 3.61. The number of fused-ring (bicyclic) bond motifs is 1. The molecule has 0 bridgehead atoms. The molecule has 0 spiro atoms. The second-order valence-corrected chi connectivity index (χ2v) is 5.62. The molecule has 6 heteroatoms. The first kappa shape index (κ1) is 16.0. The zero-order chi connectivity index (χ0) is 16.9. The standard InChI is InChI=1S/C18H20N4O2/c1-13-17(7-4-9-19-13)24-12-18(23)21-22(2)11-14-5-3-6-16-15(14)8-10-20-16/h3-10,20H,11-12H2,1-2H3,(H,21,23). The molecule has 2 N–H and O–H groups in total. The fourth-order valence-corrected chi connectivity index (χ4v) is 2.59.